The zero-order valence-corrected chi connectivity index (χ0v) is 65.4. The Morgan fingerprint density at radius 2 is 0.706 bits per heavy atom. The summed E-state index contributed by atoms with van der Waals surface area (Å²) < 4.78 is 59.2. The second-order valence-corrected chi connectivity index (χ2v) is 28.3. The van der Waals surface area contributed by atoms with E-state index in [1.54, 1.807) is 37.1 Å². The van der Waals surface area contributed by atoms with Gasteiger partial charge >= 0.3 is 39.0 Å². The van der Waals surface area contributed by atoms with E-state index in [-0.39, 0.29) is 56.1 Å². The van der Waals surface area contributed by atoms with Crippen LogP contribution in [0.3, 0.4) is 0 Å². The molecule has 0 aliphatic heterocycles. The van der Waals surface area contributed by atoms with Crippen molar-refractivity contribution in [3.8, 4) is 67.8 Å². The molecule has 0 unspecified atom stereocenters. The Balaban J connectivity index is 0.000000163. The quantitative estimate of drug-likeness (QED) is 0.0533. The third-order valence-electron chi connectivity index (χ3n) is 16.2. The van der Waals surface area contributed by atoms with E-state index in [4.69, 9.17) is 15.1 Å². The van der Waals surface area contributed by atoms with Crippen LogP contribution < -0.4 is 0 Å². The summed E-state index contributed by atoms with van der Waals surface area (Å²) >= 11 is 0. The molecule has 0 fully saturated rings. The van der Waals surface area contributed by atoms with E-state index in [1.165, 1.54) is 55.1 Å². The van der Waals surface area contributed by atoms with E-state index in [1.807, 2.05) is 152 Å². The van der Waals surface area contributed by atoms with Crippen LogP contribution in [-0.4, -0.2) is 55.9 Å². The monoisotopic (exact) mass is 1740 g/mol. The first kappa shape index (κ1) is 83.3. The van der Waals surface area contributed by atoms with Crippen molar-refractivity contribution in [3.05, 3.63) is 357 Å². The number of carboxylic acids is 1. The number of hydrogen-bond acceptors (Lipinski definition) is 10. The number of aryl methyl sites for hydroxylation is 1. The van der Waals surface area contributed by atoms with E-state index >= 15 is 0 Å². The normalized spacial score (nSPS) is 11.4. The van der Waals surface area contributed by atoms with Gasteiger partial charge in [0.1, 0.15) is 5.69 Å². The van der Waals surface area contributed by atoms with Gasteiger partial charge < -0.3 is 5.11 Å². The second kappa shape index (κ2) is 37.0. The van der Waals surface area contributed by atoms with Crippen LogP contribution in [0.5, 0.6) is 0 Å². The number of aromatic carboxylic acids is 1. The van der Waals surface area contributed by atoms with Crippen molar-refractivity contribution in [3.63, 3.8) is 0 Å². The second-order valence-electron chi connectivity index (χ2n) is 26.4. The molecule has 11 nitrogen and oxygen atoms in total. The maximum atomic E-state index is 10.7. The molecule has 7 aromatic carbocycles. The first-order valence-electron chi connectivity index (χ1n) is 34.0. The fraction of sp³-hybridized carbons (Fsp3) is 0.101. The van der Waals surface area contributed by atoms with Gasteiger partial charge in [-0.05, 0) is 164 Å². The number of rotatable bonds is 7. The van der Waals surface area contributed by atoms with Crippen molar-refractivity contribution >= 4 is 57.1 Å². The molecule has 0 atom stereocenters. The van der Waals surface area contributed by atoms with Crippen LogP contribution in [0.1, 0.15) is 68.7 Å². The molecule has 0 aliphatic rings. The van der Waals surface area contributed by atoms with Crippen molar-refractivity contribution in [2.24, 2.45) is 0 Å². The van der Waals surface area contributed by atoms with Crippen LogP contribution in [0.4, 0.5) is 25.2 Å². The molecule has 0 amide bonds. The van der Waals surface area contributed by atoms with Gasteiger partial charge in [-0.3, -0.25) is 39.9 Å². The minimum atomic E-state index is -10.7. The van der Waals surface area contributed by atoms with E-state index in [0.29, 0.717) is 0 Å². The van der Waals surface area contributed by atoms with E-state index in [2.05, 4.69) is 223 Å². The number of benzene rings is 7. The first-order valence-corrected chi connectivity index (χ1v) is 36.0. The van der Waals surface area contributed by atoms with Gasteiger partial charge in [-0.25, -0.2) is 9.78 Å². The molecule has 0 saturated heterocycles. The number of fused-ring (bicyclic) bond motifs is 6. The van der Waals surface area contributed by atoms with Gasteiger partial charge in [0, 0.05) is 99.3 Å². The van der Waals surface area contributed by atoms with Crippen LogP contribution in [-0.2, 0) is 50.4 Å². The fourth-order valence-electron chi connectivity index (χ4n) is 10.9. The topological polar surface area (TPSA) is 153 Å². The van der Waals surface area contributed by atoms with Crippen LogP contribution in [0.2, 0.25) is 0 Å². The van der Waals surface area contributed by atoms with Crippen molar-refractivity contribution in [1.82, 2.24) is 44.9 Å². The molecule has 1 N–H and O–H groups in total. The third-order valence-corrected chi connectivity index (χ3v) is 16.2. The summed E-state index contributed by atoms with van der Waals surface area (Å²) in [6.45, 7) is 15.2. The van der Waals surface area contributed by atoms with Crippen molar-refractivity contribution < 1.29 is 74.7 Å². The molecule has 555 valence electrons. The summed E-state index contributed by atoms with van der Waals surface area (Å²) in [7, 11) is -10.7. The summed E-state index contributed by atoms with van der Waals surface area (Å²) in [6, 6.07) is 99.0. The molecule has 20 heteroatoms. The summed E-state index contributed by atoms with van der Waals surface area (Å²) in [5.74, 6) is -1.00. The number of hydrogen-bond donors (Lipinski definition) is 1. The predicted molar refractivity (Wildman–Crippen MR) is 422 cm³/mol. The minimum Gasteiger partial charge on any atom is -0.296 e. The number of para-hydroxylation sites is 2. The Kier molecular flexibility index (Phi) is 28.3. The SMILES string of the molecule is CC(C)(C)c1ccc(-c2ccc(C(=O)O)nc2)cc1.Cc1ccnc(-c2cc(C(C)(C)C)ccn2)c1.F[P-](F)(F)(F)(F)F.[Ir].[Ru].[c-]1ccccc1-c1nc2ccccc2c2ccccc12.[c-]1ccccc1-c1nc2ccccc2c2ccccc12.c1ccc(-c2ccccn2)nc1.c1ccc(-c2ccccn2)nc1. The zero-order valence-electron chi connectivity index (χ0n) is 60.4. The summed E-state index contributed by atoms with van der Waals surface area (Å²) in [4.78, 5) is 49.9. The van der Waals surface area contributed by atoms with Gasteiger partial charge in [-0.2, -0.15) is 0 Å². The molecule has 1 radical (unpaired) electrons. The molecular weight excluding hydrogens is 1670 g/mol. The van der Waals surface area contributed by atoms with Gasteiger partial charge in [0.25, 0.3) is 0 Å². The molecule has 16 rings (SSSR count). The maximum Gasteiger partial charge on any atom is 0.0886 e. The standard InChI is InChI=1S/2C19H12N.C16H17NO2.C15H18N2.2C10H8N2.F6P.Ir.Ru/c2*1-2-8-14(9-3-1)19-17-12-5-4-10-15(17)16-11-6-7-13-18(16)20-19;1-16(2,3)13-7-4-11(5-8-13)12-6-9-14(15(18)19)17-10-12;1-11-5-7-16-13(9-11)14-10-12(6-8-17-14)15(2,3)4;2*1-3-7-11-9(5-1)10-6-2-4-8-12-10;1-7(2,3,4,5)6;;/h2*1-8,10-13H;4-10H,1-3H3,(H,18,19);5-10H,1-4H3;2*1-8H;;;/q2*-1;;;;;-1;;. The summed E-state index contributed by atoms with van der Waals surface area (Å²) in [5, 5.41) is 16.0. The molecular formula is C89H75F6IrN9O2PRu-3. The number of nitrogens with zero attached hydrogens (tertiary/aromatic N) is 9. The van der Waals surface area contributed by atoms with Crippen LogP contribution in [0.15, 0.2) is 322 Å². The number of aromatic nitrogens is 9. The maximum absolute atomic E-state index is 10.7. The Labute approximate surface area is 656 Å². The van der Waals surface area contributed by atoms with E-state index in [9.17, 15) is 30.0 Å². The van der Waals surface area contributed by atoms with E-state index < -0.39 is 13.8 Å². The Hall–Kier alpha value is -11.3. The smallest absolute Gasteiger partial charge is 0.0886 e. The molecule has 109 heavy (non-hydrogen) atoms. The molecule has 16 aromatic rings. The number of carbonyl (C=O) groups is 1. The van der Waals surface area contributed by atoms with E-state index in [0.717, 1.165) is 78.8 Å². The van der Waals surface area contributed by atoms with Gasteiger partial charge in [-0.1, -0.05) is 181 Å². The Morgan fingerprint density at radius 1 is 0.358 bits per heavy atom. The largest absolute Gasteiger partial charge is 0.296 e. The van der Waals surface area contributed by atoms with Gasteiger partial charge in [-0.15, -0.1) is 71.8 Å². The number of halogens is 6. The van der Waals surface area contributed by atoms with Crippen LogP contribution >= 0.6 is 7.81 Å². The molecule has 0 spiro atoms. The zero-order chi connectivity index (χ0) is 76.1. The minimum absolute atomic E-state index is 0. The summed E-state index contributed by atoms with van der Waals surface area (Å²) in [5.41, 5.74) is 17.7. The molecule has 0 saturated carbocycles. The van der Waals surface area contributed by atoms with Gasteiger partial charge in [0.15, 0.2) is 0 Å². The molecule has 0 bridgehead atoms. The van der Waals surface area contributed by atoms with Gasteiger partial charge in [0.05, 0.1) is 45.2 Å². The van der Waals surface area contributed by atoms with Crippen LogP contribution in [0, 0.1) is 19.1 Å². The number of pyridine rings is 9. The predicted octanol–water partition coefficient (Wildman–Crippen LogP) is 24.9. The van der Waals surface area contributed by atoms with Gasteiger partial charge in [0.2, 0.25) is 0 Å². The first-order chi connectivity index (χ1) is 51.1. The average molecular weight is 1740 g/mol. The third kappa shape index (κ3) is 25.4. The van der Waals surface area contributed by atoms with Crippen molar-refractivity contribution in [2.45, 2.75) is 59.3 Å². The number of carboxylic acid groups (broad SMARTS) is 1. The van der Waals surface area contributed by atoms with Crippen molar-refractivity contribution in [2.75, 3.05) is 0 Å². The fourth-order valence-corrected chi connectivity index (χ4v) is 10.9. The Bertz CT molecular complexity index is 5260. The molecule has 9 heterocycles. The Morgan fingerprint density at radius 3 is 1.06 bits per heavy atom. The van der Waals surface area contributed by atoms with Crippen molar-refractivity contribution in [1.29, 1.82) is 0 Å². The molecule has 0 aliphatic carbocycles. The summed E-state index contributed by atoms with van der Waals surface area (Å²) in [6.07, 6.45) is 12.4. The molecule has 9 aromatic heterocycles. The average Bonchev–Trinajstić information content (AvgIpc) is 0.765. The van der Waals surface area contributed by atoms with Crippen LogP contribution in [0.25, 0.3) is 111 Å².